The number of ether oxygens (including phenoxy) is 2. The summed E-state index contributed by atoms with van der Waals surface area (Å²) in [6, 6.07) is 5.87. The summed E-state index contributed by atoms with van der Waals surface area (Å²) in [5.74, 6) is 0.811. The van der Waals surface area contributed by atoms with Gasteiger partial charge in [-0.15, -0.1) is 0 Å². The highest BCUT2D eigenvalue weighted by Crippen LogP contribution is 2.26. The molecule has 0 saturated carbocycles. The second-order valence-electron chi connectivity index (χ2n) is 5.15. The standard InChI is InChI=1S/C15H18F2N2O2/c1-20-11-2-3-13-12(8-11)10(9-18-13)4-6-19-7-5-14(19)21-15(16)17/h2-3,8-9,14-15,18H,4-7H2,1H3/t14-/m1/s1. The van der Waals surface area contributed by atoms with Crippen LogP contribution in [0.25, 0.3) is 10.9 Å². The first-order valence-electron chi connectivity index (χ1n) is 6.99. The van der Waals surface area contributed by atoms with Gasteiger partial charge in [0.05, 0.1) is 7.11 Å². The third-order valence-corrected chi connectivity index (χ3v) is 3.97. The molecule has 1 aliphatic rings. The van der Waals surface area contributed by atoms with Crippen LogP contribution in [-0.4, -0.2) is 42.9 Å². The van der Waals surface area contributed by atoms with Crippen molar-refractivity contribution in [2.75, 3.05) is 20.2 Å². The summed E-state index contributed by atoms with van der Waals surface area (Å²) >= 11 is 0. The minimum atomic E-state index is -2.70. The molecule has 21 heavy (non-hydrogen) atoms. The van der Waals surface area contributed by atoms with E-state index in [4.69, 9.17) is 4.74 Å². The average Bonchev–Trinajstić information content (AvgIpc) is 2.86. The van der Waals surface area contributed by atoms with Gasteiger partial charge in [0.2, 0.25) is 0 Å². The fraction of sp³-hybridized carbons (Fsp3) is 0.467. The second kappa shape index (κ2) is 5.99. The quantitative estimate of drug-likeness (QED) is 0.890. The largest absolute Gasteiger partial charge is 0.497 e. The normalized spacial score (nSPS) is 19.1. The van der Waals surface area contributed by atoms with Crippen LogP contribution in [0.15, 0.2) is 24.4 Å². The molecule has 1 fully saturated rings. The maximum atomic E-state index is 12.2. The van der Waals surface area contributed by atoms with Crippen LogP contribution in [0, 0.1) is 0 Å². The number of methoxy groups -OCH3 is 1. The topological polar surface area (TPSA) is 37.5 Å². The highest BCUT2D eigenvalue weighted by Gasteiger charge is 2.30. The molecule has 0 spiro atoms. The Bertz CT molecular complexity index is 615. The minimum absolute atomic E-state index is 0.440. The number of hydrogen-bond donors (Lipinski definition) is 1. The highest BCUT2D eigenvalue weighted by atomic mass is 19.3. The van der Waals surface area contributed by atoms with E-state index in [9.17, 15) is 8.78 Å². The van der Waals surface area contributed by atoms with Crippen molar-refractivity contribution >= 4 is 10.9 Å². The molecular formula is C15H18F2N2O2. The van der Waals surface area contributed by atoms with Crippen LogP contribution in [0.2, 0.25) is 0 Å². The summed E-state index contributed by atoms with van der Waals surface area (Å²) in [6.07, 6.45) is 2.99. The van der Waals surface area contributed by atoms with E-state index < -0.39 is 12.8 Å². The molecule has 0 aliphatic carbocycles. The molecule has 1 N–H and O–H groups in total. The van der Waals surface area contributed by atoms with E-state index >= 15 is 0 Å². The number of hydrogen-bond acceptors (Lipinski definition) is 3. The number of H-pyrrole nitrogens is 1. The van der Waals surface area contributed by atoms with Gasteiger partial charge < -0.3 is 14.5 Å². The van der Waals surface area contributed by atoms with Gasteiger partial charge in [0.15, 0.2) is 0 Å². The number of nitrogens with one attached hydrogen (secondary N) is 1. The Morgan fingerprint density at radius 2 is 2.29 bits per heavy atom. The third kappa shape index (κ3) is 3.01. The predicted octanol–water partition coefficient (Wildman–Crippen LogP) is 2.99. The van der Waals surface area contributed by atoms with E-state index in [2.05, 4.69) is 9.72 Å². The zero-order valence-corrected chi connectivity index (χ0v) is 11.8. The van der Waals surface area contributed by atoms with Gasteiger partial charge in [-0.2, -0.15) is 8.78 Å². The van der Waals surface area contributed by atoms with Gasteiger partial charge in [-0.1, -0.05) is 0 Å². The maximum Gasteiger partial charge on any atom is 0.346 e. The molecule has 0 bridgehead atoms. The summed E-state index contributed by atoms with van der Waals surface area (Å²) in [5, 5.41) is 1.11. The summed E-state index contributed by atoms with van der Waals surface area (Å²) in [4.78, 5) is 5.15. The Morgan fingerprint density at radius 1 is 1.43 bits per heavy atom. The molecule has 114 valence electrons. The summed E-state index contributed by atoms with van der Waals surface area (Å²) in [5.41, 5.74) is 2.21. The Hall–Kier alpha value is -1.66. The SMILES string of the molecule is COc1ccc2[nH]cc(CCN3CC[C@H]3OC(F)F)c2c1. The number of rotatable bonds is 6. The van der Waals surface area contributed by atoms with Gasteiger partial charge in [0, 0.05) is 36.6 Å². The molecular weight excluding hydrogens is 278 g/mol. The number of likely N-dealkylation sites (tertiary alicyclic amines) is 1. The summed E-state index contributed by atoms with van der Waals surface area (Å²) in [7, 11) is 1.64. The van der Waals surface area contributed by atoms with Crippen molar-refractivity contribution in [1.82, 2.24) is 9.88 Å². The molecule has 4 nitrogen and oxygen atoms in total. The maximum absolute atomic E-state index is 12.2. The first-order chi connectivity index (χ1) is 10.2. The van der Waals surface area contributed by atoms with Crippen LogP contribution in [0.4, 0.5) is 8.78 Å². The zero-order valence-electron chi connectivity index (χ0n) is 11.8. The van der Waals surface area contributed by atoms with Crippen LogP contribution >= 0.6 is 0 Å². The first-order valence-corrected chi connectivity index (χ1v) is 6.99. The van der Waals surface area contributed by atoms with Gasteiger partial charge in [-0.05, 0) is 30.2 Å². The van der Waals surface area contributed by atoms with Crippen molar-refractivity contribution < 1.29 is 18.3 Å². The molecule has 1 aliphatic heterocycles. The number of halogens is 2. The Morgan fingerprint density at radius 3 is 2.95 bits per heavy atom. The van der Waals surface area contributed by atoms with E-state index in [1.54, 1.807) is 7.11 Å². The van der Waals surface area contributed by atoms with Crippen molar-refractivity contribution in [1.29, 1.82) is 0 Å². The van der Waals surface area contributed by atoms with Gasteiger partial charge in [0.1, 0.15) is 12.0 Å². The molecule has 2 aromatic rings. The van der Waals surface area contributed by atoms with Gasteiger partial charge >= 0.3 is 6.61 Å². The van der Waals surface area contributed by atoms with Gasteiger partial charge in [-0.25, -0.2) is 0 Å². The fourth-order valence-electron chi connectivity index (χ4n) is 2.70. The Balaban J connectivity index is 1.65. The molecule has 0 amide bonds. The van der Waals surface area contributed by atoms with Gasteiger partial charge in [-0.3, -0.25) is 4.90 Å². The van der Waals surface area contributed by atoms with Crippen LogP contribution in [0.3, 0.4) is 0 Å². The van der Waals surface area contributed by atoms with Crippen LogP contribution in [0.1, 0.15) is 12.0 Å². The molecule has 1 saturated heterocycles. The number of nitrogens with zero attached hydrogens (tertiary/aromatic N) is 1. The van der Waals surface area contributed by atoms with E-state index in [1.807, 2.05) is 29.3 Å². The van der Waals surface area contributed by atoms with Crippen molar-refractivity contribution in [3.05, 3.63) is 30.0 Å². The summed E-state index contributed by atoms with van der Waals surface area (Å²) in [6.45, 7) is -1.18. The summed E-state index contributed by atoms with van der Waals surface area (Å²) < 4.78 is 34.2. The number of alkyl halides is 2. The van der Waals surface area contributed by atoms with E-state index in [1.165, 1.54) is 0 Å². The fourth-order valence-corrected chi connectivity index (χ4v) is 2.70. The van der Waals surface area contributed by atoms with E-state index in [-0.39, 0.29) is 0 Å². The first kappa shape index (κ1) is 14.3. The lowest BCUT2D eigenvalue weighted by Crippen LogP contribution is -2.50. The third-order valence-electron chi connectivity index (χ3n) is 3.97. The number of aromatic nitrogens is 1. The van der Waals surface area contributed by atoms with Gasteiger partial charge in [0.25, 0.3) is 0 Å². The molecule has 6 heteroatoms. The number of fused-ring (bicyclic) bond motifs is 1. The smallest absolute Gasteiger partial charge is 0.346 e. The van der Waals surface area contributed by atoms with E-state index in [0.29, 0.717) is 13.0 Å². The Labute approximate surface area is 121 Å². The van der Waals surface area contributed by atoms with Crippen molar-refractivity contribution in [2.24, 2.45) is 0 Å². The predicted molar refractivity (Wildman–Crippen MR) is 75.6 cm³/mol. The number of aromatic amines is 1. The monoisotopic (exact) mass is 296 g/mol. The highest BCUT2D eigenvalue weighted by molar-refractivity contribution is 5.84. The van der Waals surface area contributed by atoms with Crippen LogP contribution in [0.5, 0.6) is 5.75 Å². The molecule has 2 heterocycles. The lowest BCUT2D eigenvalue weighted by molar-refractivity contribution is -0.234. The molecule has 3 rings (SSSR count). The average molecular weight is 296 g/mol. The van der Waals surface area contributed by atoms with Crippen LogP contribution in [-0.2, 0) is 11.2 Å². The molecule has 1 aromatic heterocycles. The number of benzene rings is 1. The van der Waals surface area contributed by atoms with Crippen molar-refractivity contribution in [2.45, 2.75) is 25.7 Å². The van der Waals surface area contributed by atoms with Crippen molar-refractivity contribution in [3.8, 4) is 5.75 Å². The molecule has 1 aromatic carbocycles. The van der Waals surface area contributed by atoms with E-state index in [0.717, 1.165) is 35.2 Å². The van der Waals surface area contributed by atoms with Crippen molar-refractivity contribution in [3.63, 3.8) is 0 Å². The zero-order chi connectivity index (χ0) is 14.8. The second-order valence-corrected chi connectivity index (χ2v) is 5.15. The Kier molecular flexibility index (Phi) is 4.07. The van der Waals surface area contributed by atoms with Crippen LogP contribution < -0.4 is 4.74 Å². The lowest BCUT2D eigenvalue weighted by Gasteiger charge is -2.40. The minimum Gasteiger partial charge on any atom is -0.497 e. The molecule has 0 radical (unpaired) electrons. The molecule has 0 unspecified atom stereocenters. The lowest BCUT2D eigenvalue weighted by atomic mass is 10.1. The molecule has 1 atom stereocenters.